The summed E-state index contributed by atoms with van der Waals surface area (Å²) in [6.45, 7) is 1.79. The van der Waals surface area contributed by atoms with Gasteiger partial charge in [0.05, 0.1) is 6.61 Å². The lowest BCUT2D eigenvalue weighted by molar-refractivity contribution is -0.163. The molecule has 2 heterocycles. The summed E-state index contributed by atoms with van der Waals surface area (Å²) in [5, 5.41) is 9.22. The topological polar surface area (TPSA) is 83.9 Å². The van der Waals surface area contributed by atoms with Crippen molar-refractivity contribution in [2.45, 2.75) is 25.3 Å². The van der Waals surface area contributed by atoms with Crippen LogP contribution in [-0.2, 0) is 19.1 Å². The van der Waals surface area contributed by atoms with Crippen molar-refractivity contribution in [2.24, 2.45) is 5.92 Å². The Labute approximate surface area is 92.2 Å². The van der Waals surface area contributed by atoms with Crippen LogP contribution in [0.2, 0.25) is 0 Å². The second kappa shape index (κ2) is 3.55. The third-order valence-corrected chi connectivity index (χ3v) is 3.20. The lowest BCUT2D eigenvalue weighted by Gasteiger charge is -2.31. The van der Waals surface area contributed by atoms with Crippen molar-refractivity contribution >= 4 is 17.8 Å². The number of hydrogen-bond acceptors (Lipinski definition) is 4. The van der Waals surface area contributed by atoms with Gasteiger partial charge in [-0.3, -0.25) is 14.5 Å². The largest absolute Gasteiger partial charge is 0.479 e. The molecule has 2 fully saturated rings. The van der Waals surface area contributed by atoms with Crippen LogP contribution in [0.15, 0.2) is 0 Å². The Morgan fingerprint density at radius 3 is 2.62 bits per heavy atom. The van der Waals surface area contributed by atoms with Crippen molar-refractivity contribution in [3.8, 4) is 0 Å². The molecular weight excluding hydrogens is 214 g/mol. The molecule has 2 aliphatic rings. The van der Waals surface area contributed by atoms with Crippen LogP contribution < -0.4 is 0 Å². The fourth-order valence-electron chi connectivity index (χ4n) is 2.23. The van der Waals surface area contributed by atoms with Crippen LogP contribution in [0.4, 0.5) is 0 Å². The molecule has 6 nitrogen and oxygen atoms in total. The van der Waals surface area contributed by atoms with Gasteiger partial charge < -0.3 is 9.84 Å². The van der Waals surface area contributed by atoms with Crippen LogP contribution in [0.5, 0.6) is 0 Å². The first-order chi connectivity index (χ1) is 7.49. The normalized spacial score (nSPS) is 34.8. The molecule has 0 radical (unpaired) electrons. The van der Waals surface area contributed by atoms with Crippen LogP contribution in [0.1, 0.15) is 19.8 Å². The lowest BCUT2D eigenvalue weighted by Crippen LogP contribution is -2.57. The first-order valence-corrected chi connectivity index (χ1v) is 5.17. The highest BCUT2D eigenvalue weighted by molar-refractivity contribution is 6.07. The minimum Gasteiger partial charge on any atom is -0.479 e. The van der Waals surface area contributed by atoms with Crippen LogP contribution in [0.3, 0.4) is 0 Å². The molecule has 6 heteroatoms. The van der Waals surface area contributed by atoms with E-state index in [9.17, 15) is 19.5 Å². The zero-order valence-corrected chi connectivity index (χ0v) is 8.93. The summed E-state index contributed by atoms with van der Waals surface area (Å²) in [4.78, 5) is 35.7. The Bertz CT molecular complexity index is 358. The van der Waals surface area contributed by atoms with E-state index in [-0.39, 0.29) is 26.1 Å². The standard InChI is InChI=1S/C10H13NO5/c1-6-4-7(12)11(8(6)13)10(9(14)15)2-3-16-5-10/h6H,2-5H2,1H3,(H,14,15). The molecule has 0 aromatic carbocycles. The summed E-state index contributed by atoms with van der Waals surface area (Å²) in [7, 11) is 0. The number of imide groups is 1. The number of likely N-dealkylation sites (tertiary alicyclic amines) is 1. The van der Waals surface area contributed by atoms with Gasteiger partial charge in [-0.2, -0.15) is 0 Å². The molecule has 0 aromatic rings. The summed E-state index contributed by atoms with van der Waals surface area (Å²) in [5.74, 6) is -2.41. The first kappa shape index (κ1) is 11.1. The number of nitrogens with zero attached hydrogens (tertiary/aromatic N) is 1. The van der Waals surface area contributed by atoms with Crippen molar-refractivity contribution in [2.75, 3.05) is 13.2 Å². The highest BCUT2D eigenvalue weighted by atomic mass is 16.5. The summed E-state index contributed by atoms with van der Waals surface area (Å²) in [5.41, 5.74) is -1.47. The Morgan fingerprint density at radius 2 is 2.25 bits per heavy atom. The quantitative estimate of drug-likeness (QED) is 0.650. The molecule has 2 unspecified atom stereocenters. The van der Waals surface area contributed by atoms with Crippen molar-refractivity contribution < 1.29 is 24.2 Å². The number of ether oxygens (including phenoxy) is 1. The molecule has 0 aliphatic carbocycles. The van der Waals surface area contributed by atoms with Gasteiger partial charge in [-0.15, -0.1) is 0 Å². The van der Waals surface area contributed by atoms with Crippen LogP contribution in [0.25, 0.3) is 0 Å². The minimum atomic E-state index is -1.47. The molecule has 2 amide bonds. The maximum absolute atomic E-state index is 11.8. The molecule has 88 valence electrons. The van der Waals surface area contributed by atoms with Crippen molar-refractivity contribution in [3.05, 3.63) is 0 Å². The van der Waals surface area contributed by atoms with Gasteiger partial charge in [0.2, 0.25) is 11.8 Å². The average molecular weight is 227 g/mol. The second-order valence-electron chi connectivity index (χ2n) is 4.31. The Morgan fingerprint density at radius 1 is 1.56 bits per heavy atom. The number of amides is 2. The van der Waals surface area contributed by atoms with Gasteiger partial charge in [0.25, 0.3) is 0 Å². The molecule has 2 rings (SSSR count). The smallest absolute Gasteiger partial charge is 0.332 e. The SMILES string of the molecule is CC1CC(=O)N(C2(C(=O)O)CCOC2)C1=O. The number of aliphatic carboxylic acids is 1. The minimum absolute atomic E-state index is 0.0911. The molecule has 0 bridgehead atoms. The van der Waals surface area contributed by atoms with E-state index in [2.05, 4.69) is 0 Å². The number of hydrogen-bond donors (Lipinski definition) is 1. The van der Waals surface area contributed by atoms with Gasteiger partial charge in [0.15, 0.2) is 5.54 Å². The van der Waals surface area contributed by atoms with Gasteiger partial charge in [-0.1, -0.05) is 6.92 Å². The molecule has 2 aliphatic heterocycles. The van der Waals surface area contributed by atoms with E-state index < -0.39 is 29.2 Å². The number of carbonyl (C=O) groups excluding carboxylic acids is 2. The van der Waals surface area contributed by atoms with E-state index in [0.717, 1.165) is 4.90 Å². The van der Waals surface area contributed by atoms with E-state index >= 15 is 0 Å². The fourth-order valence-corrected chi connectivity index (χ4v) is 2.23. The highest BCUT2D eigenvalue weighted by Gasteiger charge is 2.56. The number of carbonyl (C=O) groups is 3. The average Bonchev–Trinajstić information content (AvgIpc) is 2.75. The molecule has 2 atom stereocenters. The summed E-state index contributed by atoms with van der Waals surface area (Å²) >= 11 is 0. The summed E-state index contributed by atoms with van der Waals surface area (Å²) < 4.78 is 5.04. The van der Waals surface area contributed by atoms with E-state index in [1.165, 1.54) is 0 Å². The summed E-state index contributed by atoms with van der Waals surface area (Å²) in [6.07, 6.45) is 0.264. The van der Waals surface area contributed by atoms with Crippen molar-refractivity contribution in [3.63, 3.8) is 0 Å². The highest BCUT2D eigenvalue weighted by Crippen LogP contribution is 2.33. The Hall–Kier alpha value is -1.43. The number of rotatable bonds is 2. The monoisotopic (exact) mass is 227 g/mol. The molecule has 0 spiro atoms. The predicted octanol–water partition coefficient (Wildman–Crippen LogP) is -0.375. The molecule has 0 aromatic heterocycles. The summed E-state index contributed by atoms with van der Waals surface area (Å²) in [6, 6.07) is 0. The Kier molecular flexibility index (Phi) is 2.46. The maximum atomic E-state index is 11.8. The molecule has 16 heavy (non-hydrogen) atoms. The molecule has 0 saturated carbocycles. The van der Waals surface area contributed by atoms with Crippen LogP contribution in [-0.4, -0.2) is 46.5 Å². The molecule has 2 saturated heterocycles. The third kappa shape index (κ3) is 1.33. The van der Waals surface area contributed by atoms with E-state index in [4.69, 9.17) is 4.74 Å². The van der Waals surface area contributed by atoms with E-state index in [1.807, 2.05) is 0 Å². The zero-order valence-electron chi connectivity index (χ0n) is 8.93. The van der Waals surface area contributed by atoms with E-state index in [1.54, 1.807) is 6.92 Å². The van der Waals surface area contributed by atoms with Gasteiger partial charge >= 0.3 is 5.97 Å². The maximum Gasteiger partial charge on any atom is 0.332 e. The molecule has 1 N–H and O–H groups in total. The Balaban J connectivity index is 2.38. The fraction of sp³-hybridized carbons (Fsp3) is 0.700. The van der Waals surface area contributed by atoms with Crippen LogP contribution in [0, 0.1) is 5.92 Å². The van der Waals surface area contributed by atoms with Gasteiger partial charge in [-0.05, 0) is 0 Å². The zero-order chi connectivity index (χ0) is 11.9. The lowest BCUT2D eigenvalue weighted by atomic mass is 9.96. The van der Waals surface area contributed by atoms with Gasteiger partial charge in [0, 0.05) is 25.4 Å². The first-order valence-electron chi connectivity index (χ1n) is 5.17. The van der Waals surface area contributed by atoms with Crippen molar-refractivity contribution in [1.82, 2.24) is 4.90 Å². The second-order valence-corrected chi connectivity index (χ2v) is 4.31. The predicted molar refractivity (Wildman–Crippen MR) is 51.4 cm³/mol. The number of carboxylic acids is 1. The third-order valence-electron chi connectivity index (χ3n) is 3.20. The van der Waals surface area contributed by atoms with Crippen LogP contribution >= 0.6 is 0 Å². The molecular formula is C10H13NO5. The van der Waals surface area contributed by atoms with Crippen molar-refractivity contribution in [1.29, 1.82) is 0 Å². The van der Waals surface area contributed by atoms with E-state index in [0.29, 0.717) is 0 Å². The van der Waals surface area contributed by atoms with Gasteiger partial charge in [0.1, 0.15) is 0 Å². The number of carboxylic acid groups (broad SMARTS) is 1. The van der Waals surface area contributed by atoms with Gasteiger partial charge in [-0.25, -0.2) is 4.79 Å².